The van der Waals surface area contributed by atoms with Gasteiger partial charge in [-0.25, -0.2) is 4.79 Å². The molecule has 2 amide bonds. The van der Waals surface area contributed by atoms with E-state index in [-0.39, 0.29) is 12.1 Å². The number of carbonyl (C=O) groups excluding carboxylic acids is 1. The molecule has 0 bridgehead atoms. The predicted octanol–water partition coefficient (Wildman–Crippen LogP) is 3.64. The topological polar surface area (TPSA) is 32.3 Å². The molecule has 1 heterocycles. The molecule has 1 fully saturated rings. The molecule has 1 aliphatic carbocycles. The second kappa shape index (κ2) is 5.45. The van der Waals surface area contributed by atoms with Crippen molar-refractivity contribution >= 4 is 23.5 Å². The van der Waals surface area contributed by atoms with Gasteiger partial charge in [0.15, 0.2) is 0 Å². The Bertz CT molecular complexity index is 471. The second-order valence-corrected chi connectivity index (χ2v) is 6.49. The van der Waals surface area contributed by atoms with Gasteiger partial charge in [-0.1, -0.05) is 25.0 Å². The predicted molar refractivity (Wildman–Crippen MR) is 79.9 cm³/mol. The summed E-state index contributed by atoms with van der Waals surface area (Å²) in [6, 6.07) is 8.89. The number of nitrogens with zero attached hydrogens (tertiary/aromatic N) is 1. The van der Waals surface area contributed by atoms with Crippen LogP contribution in [-0.2, 0) is 0 Å². The van der Waals surface area contributed by atoms with Gasteiger partial charge in [0.25, 0.3) is 0 Å². The van der Waals surface area contributed by atoms with Crippen LogP contribution in [0.4, 0.5) is 10.5 Å². The first-order valence-electron chi connectivity index (χ1n) is 7.07. The molecule has 102 valence electrons. The van der Waals surface area contributed by atoms with Crippen molar-refractivity contribution in [1.29, 1.82) is 0 Å². The van der Waals surface area contributed by atoms with Crippen LogP contribution < -0.4 is 10.2 Å². The lowest BCUT2D eigenvalue weighted by atomic mass is 10.2. The molecule has 3 nitrogen and oxygen atoms in total. The number of anilines is 1. The van der Waals surface area contributed by atoms with Crippen molar-refractivity contribution in [2.24, 2.45) is 0 Å². The molecule has 4 heteroatoms. The Morgan fingerprint density at radius 2 is 2.05 bits per heavy atom. The van der Waals surface area contributed by atoms with Gasteiger partial charge in [0, 0.05) is 22.7 Å². The van der Waals surface area contributed by atoms with E-state index in [1.165, 1.54) is 17.7 Å². The number of fused-ring (bicyclic) bond motifs is 1. The Kier molecular flexibility index (Phi) is 3.69. The molecule has 1 aromatic carbocycles. The monoisotopic (exact) mass is 276 g/mol. The van der Waals surface area contributed by atoms with Crippen LogP contribution in [0.3, 0.4) is 0 Å². The van der Waals surface area contributed by atoms with Gasteiger partial charge in [0.2, 0.25) is 0 Å². The fraction of sp³-hybridized carbons (Fsp3) is 0.533. The average Bonchev–Trinajstić information content (AvgIpc) is 2.91. The van der Waals surface area contributed by atoms with E-state index in [1.54, 1.807) is 0 Å². The molecule has 1 saturated carbocycles. The molecule has 1 unspecified atom stereocenters. The molecule has 0 aromatic heterocycles. The van der Waals surface area contributed by atoms with Crippen molar-refractivity contribution in [3.8, 4) is 0 Å². The lowest BCUT2D eigenvalue weighted by Crippen LogP contribution is -2.50. The van der Waals surface area contributed by atoms with E-state index in [4.69, 9.17) is 0 Å². The Hall–Kier alpha value is -1.16. The largest absolute Gasteiger partial charge is 0.335 e. The number of hydrogen-bond donors (Lipinski definition) is 1. The van der Waals surface area contributed by atoms with Crippen molar-refractivity contribution in [3.05, 3.63) is 24.3 Å². The van der Waals surface area contributed by atoms with Gasteiger partial charge in [-0.2, -0.15) is 0 Å². The van der Waals surface area contributed by atoms with Crippen LogP contribution >= 0.6 is 11.8 Å². The van der Waals surface area contributed by atoms with Crippen LogP contribution in [0.1, 0.15) is 32.6 Å². The molecule has 19 heavy (non-hydrogen) atoms. The molecular weight excluding hydrogens is 256 g/mol. The van der Waals surface area contributed by atoms with Crippen LogP contribution in [0.15, 0.2) is 29.2 Å². The molecule has 1 atom stereocenters. The molecule has 1 aromatic rings. The maximum absolute atomic E-state index is 12.5. The Balaban J connectivity index is 1.80. The van der Waals surface area contributed by atoms with E-state index >= 15 is 0 Å². The minimum Gasteiger partial charge on any atom is -0.335 e. The van der Waals surface area contributed by atoms with Crippen LogP contribution in [0.25, 0.3) is 0 Å². The molecule has 0 saturated heterocycles. The van der Waals surface area contributed by atoms with Gasteiger partial charge in [-0.05, 0) is 31.9 Å². The van der Waals surface area contributed by atoms with E-state index in [1.807, 2.05) is 34.9 Å². The first-order chi connectivity index (χ1) is 9.25. The zero-order chi connectivity index (χ0) is 13.2. The second-order valence-electron chi connectivity index (χ2n) is 5.43. The summed E-state index contributed by atoms with van der Waals surface area (Å²) >= 11 is 1.84. The molecule has 0 radical (unpaired) electrons. The summed E-state index contributed by atoms with van der Waals surface area (Å²) in [5.41, 5.74) is 1.06. The molecule has 1 aliphatic heterocycles. The molecule has 0 spiro atoms. The third-order valence-corrected chi connectivity index (χ3v) is 5.25. The first kappa shape index (κ1) is 12.9. The van der Waals surface area contributed by atoms with Gasteiger partial charge >= 0.3 is 6.03 Å². The quantitative estimate of drug-likeness (QED) is 0.849. The Labute approximate surface area is 118 Å². The smallest absolute Gasteiger partial charge is 0.322 e. The zero-order valence-electron chi connectivity index (χ0n) is 11.3. The highest BCUT2D eigenvalue weighted by Crippen LogP contribution is 2.37. The number of hydrogen-bond acceptors (Lipinski definition) is 2. The van der Waals surface area contributed by atoms with Gasteiger partial charge < -0.3 is 5.32 Å². The summed E-state index contributed by atoms with van der Waals surface area (Å²) in [5.74, 6) is 0.967. The van der Waals surface area contributed by atoms with Gasteiger partial charge in [0.05, 0.1) is 5.69 Å². The number of urea groups is 1. The number of carbonyl (C=O) groups is 1. The third-order valence-electron chi connectivity index (χ3n) is 3.95. The van der Waals surface area contributed by atoms with E-state index in [2.05, 4.69) is 18.3 Å². The maximum Gasteiger partial charge on any atom is 0.322 e. The average molecular weight is 276 g/mol. The van der Waals surface area contributed by atoms with Crippen LogP contribution in [-0.4, -0.2) is 23.9 Å². The number of para-hydroxylation sites is 1. The normalized spacial score (nSPS) is 23.2. The van der Waals surface area contributed by atoms with Crippen molar-refractivity contribution in [1.82, 2.24) is 5.32 Å². The minimum atomic E-state index is 0.0761. The van der Waals surface area contributed by atoms with Crippen LogP contribution in [0.5, 0.6) is 0 Å². The summed E-state index contributed by atoms with van der Waals surface area (Å²) < 4.78 is 0. The lowest BCUT2D eigenvalue weighted by molar-refractivity contribution is 0.241. The number of amides is 2. The van der Waals surface area contributed by atoms with E-state index in [9.17, 15) is 4.79 Å². The van der Waals surface area contributed by atoms with Crippen molar-refractivity contribution < 1.29 is 4.79 Å². The summed E-state index contributed by atoms with van der Waals surface area (Å²) in [6.07, 6.45) is 4.74. The highest BCUT2D eigenvalue weighted by molar-refractivity contribution is 7.99. The summed E-state index contributed by atoms with van der Waals surface area (Å²) in [4.78, 5) is 15.7. The van der Waals surface area contributed by atoms with Crippen LogP contribution in [0.2, 0.25) is 0 Å². The Morgan fingerprint density at radius 3 is 2.84 bits per heavy atom. The van der Waals surface area contributed by atoms with Gasteiger partial charge in [-0.15, -0.1) is 11.8 Å². The minimum absolute atomic E-state index is 0.0761. The third kappa shape index (κ3) is 2.59. The SMILES string of the molecule is CC1CSc2ccccc2N1C(=O)NC1CCCC1. The summed E-state index contributed by atoms with van der Waals surface area (Å²) in [7, 11) is 0. The summed E-state index contributed by atoms with van der Waals surface area (Å²) in [5, 5.41) is 3.20. The first-order valence-corrected chi connectivity index (χ1v) is 8.06. The fourth-order valence-electron chi connectivity index (χ4n) is 2.92. The number of nitrogens with one attached hydrogen (secondary N) is 1. The highest BCUT2D eigenvalue weighted by Gasteiger charge is 2.30. The highest BCUT2D eigenvalue weighted by atomic mass is 32.2. The van der Waals surface area contributed by atoms with E-state index in [0.29, 0.717) is 6.04 Å². The van der Waals surface area contributed by atoms with Crippen molar-refractivity contribution in [2.45, 2.75) is 49.6 Å². The maximum atomic E-state index is 12.5. The lowest BCUT2D eigenvalue weighted by Gasteiger charge is -2.35. The molecule has 2 aliphatic rings. The van der Waals surface area contributed by atoms with Crippen molar-refractivity contribution in [3.63, 3.8) is 0 Å². The Morgan fingerprint density at radius 1 is 1.32 bits per heavy atom. The number of thioether (sulfide) groups is 1. The standard InChI is InChI=1S/C15H20N2OS/c1-11-10-19-14-9-5-4-8-13(14)17(11)15(18)16-12-6-2-3-7-12/h4-5,8-9,11-12H,2-3,6-7,10H2,1H3,(H,16,18). The van der Waals surface area contributed by atoms with Gasteiger partial charge in [-0.3, -0.25) is 4.90 Å². The number of rotatable bonds is 1. The van der Waals surface area contributed by atoms with Gasteiger partial charge in [0.1, 0.15) is 0 Å². The van der Waals surface area contributed by atoms with Crippen molar-refractivity contribution in [2.75, 3.05) is 10.7 Å². The fourth-order valence-corrected chi connectivity index (χ4v) is 3.98. The number of benzene rings is 1. The molecular formula is C15H20N2OS. The van der Waals surface area contributed by atoms with E-state index < -0.39 is 0 Å². The van der Waals surface area contributed by atoms with E-state index in [0.717, 1.165) is 24.3 Å². The van der Waals surface area contributed by atoms with Crippen LogP contribution in [0, 0.1) is 0 Å². The molecule has 1 N–H and O–H groups in total. The molecule has 3 rings (SSSR count). The summed E-state index contributed by atoms with van der Waals surface area (Å²) in [6.45, 7) is 2.12. The zero-order valence-corrected chi connectivity index (χ0v) is 12.1.